The fraction of sp³-hybridized carbons (Fsp3) is 0.440. The number of nitrogens with one attached hydrogen (secondary N) is 1. The van der Waals surface area contributed by atoms with Crippen molar-refractivity contribution in [2.24, 2.45) is 5.92 Å². The molecule has 0 spiro atoms. The monoisotopic (exact) mass is 536 g/mol. The molecular weight excluding hydrogens is 508 g/mol. The molecule has 1 aliphatic rings. The van der Waals surface area contributed by atoms with Gasteiger partial charge in [-0.15, -0.1) is 0 Å². The summed E-state index contributed by atoms with van der Waals surface area (Å²) >= 11 is 11.4. The van der Waals surface area contributed by atoms with E-state index in [-0.39, 0.29) is 30.2 Å². The van der Waals surface area contributed by atoms with E-state index in [0.717, 1.165) is 33.5 Å². The molecule has 7 heteroatoms. The molecule has 1 heterocycles. The Morgan fingerprint density at radius 3 is 2.62 bits per heavy atom. The number of nitrogens with zero attached hydrogens (tertiary/aromatic N) is 1. The van der Waals surface area contributed by atoms with E-state index < -0.39 is 0 Å². The third-order valence-corrected chi connectivity index (χ3v) is 8.00. The van der Waals surface area contributed by atoms with Crippen LogP contribution < -0.4 is 5.32 Å². The molecule has 3 rings (SSSR count). The van der Waals surface area contributed by atoms with E-state index >= 15 is 0 Å². The summed E-state index contributed by atoms with van der Waals surface area (Å²) in [6, 6.07) is 13.5. The number of thioether (sulfide) groups is 1. The Labute approximate surface area is 208 Å². The Kier molecular flexibility index (Phi) is 9.09. The predicted molar refractivity (Wildman–Crippen MR) is 138 cm³/mol. The fourth-order valence-corrected chi connectivity index (χ4v) is 5.33. The summed E-state index contributed by atoms with van der Waals surface area (Å²) in [5.74, 6) is 0.534. The van der Waals surface area contributed by atoms with Crippen molar-refractivity contribution in [3.63, 3.8) is 0 Å². The summed E-state index contributed by atoms with van der Waals surface area (Å²) in [5.41, 5.74) is 2.85. The Hall–Kier alpha value is -1.50. The zero-order valence-corrected chi connectivity index (χ0v) is 21.9. The van der Waals surface area contributed by atoms with Gasteiger partial charge >= 0.3 is 0 Å². The SMILES string of the molecule is Cc1c(Br)cccc1NC(=O)CC1CCC(c2ccc(Cl)cc2)N(CCSC(C)C)C1=O. The molecule has 4 nitrogen and oxygen atoms in total. The van der Waals surface area contributed by atoms with Crippen LogP contribution in [0.1, 0.15) is 50.3 Å². The number of halogens is 2. The minimum absolute atomic E-state index is 0.0270. The first-order valence-electron chi connectivity index (χ1n) is 11.0. The molecule has 1 saturated heterocycles. The highest BCUT2D eigenvalue weighted by atomic mass is 79.9. The zero-order chi connectivity index (χ0) is 23.3. The third kappa shape index (κ3) is 6.52. The number of anilines is 1. The molecule has 2 aromatic carbocycles. The number of hydrogen-bond acceptors (Lipinski definition) is 3. The van der Waals surface area contributed by atoms with Crippen molar-refractivity contribution < 1.29 is 9.59 Å². The number of rotatable bonds is 8. The van der Waals surface area contributed by atoms with Gasteiger partial charge in [-0.25, -0.2) is 0 Å². The van der Waals surface area contributed by atoms with Gasteiger partial charge in [-0.3, -0.25) is 9.59 Å². The molecule has 2 atom stereocenters. The van der Waals surface area contributed by atoms with Crippen molar-refractivity contribution in [1.82, 2.24) is 4.90 Å². The van der Waals surface area contributed by atoms with E-state index in [9.17, 15) is 9.59 Å². The van der Waals surface area contributed by atoms with Crippen molar-refractivity contribution in [2.75, 3.05) is 17.6 Å². The summed E-state index contributed by atoms with van der Waals surface area (Å²) in [7, 11) is 0. The van der Waals surface area contributed by atoms with Crippen molar-refractivity contribution >= 4 is 56.8 Å². The maximum Gasteiger partial charge on any atom is 0.226 e. The van der Waals surface area contributed by atoms with Crippen LogP contribution in [0.25, 0.3) is 0 Å². The van der Waals surface area contributed by atoms with E-state index in [0.29, 0.717) is 23.2 Å². The van der Waals surface area contributed by atoms with Crippen molar-refractivity contribution in [2.45, 2.75) is 51.3 Å². The number of hydrogen-bond donors (Lipinski definition) is 1. The zero-order valence-electron chi connectivity index (χ0n) is 18.7. The molecular formula is C25H30BrClN2O2S. The van der Waals surface area contributed by atoms with Gasteiger partial charge in [0.1, 0.15) is 0 Å². The van der Waals surface area contributed by atoms with Gasteiger partial charge in [0.25, 0.3) is 0 Å². The van der Waals surface area contributed by atoms with Gasteiger partial charge < -0.3 is 10.2 Å². The van der Waals surface area contributed by atoms with Crippen LogP contribution in [0.5, 0.6) is 0 Å². The van der Waals surface area contributed by atoms with Crippen LogP contribution in [-0.2, 0) is 9.59 Å². The lowest BCUT2D eigenvalue weighted by Gasteiger charge is -2.39. The molecule has 0 aliphatic carbocycles. The summed E-state index contributed by atoms with van der Waals surface area (Å²) in [4.78, 5) is 28.2. The largest absolute Gasteiger partial charge is 0.335 e. The summed E-state index contributed by atoms with van der Waals surface area (Å²) in [5, 5.41) is 4.19. The molecule has 1 fully saturated rings. The first-order chi connectivity index (χ1) is 15.3. The lowest BCUT2D eigenvalue weighted by atomic mass is 9.86. The van der Waals surface area contributed by atoms with Gasteiger partial charge in [0, 0.05) is 39.8 Å². The minimum atomic E-state index is -0.296. The Morgan fingerprint density at radius 2 is 1.94 bits per heavy atom. The van der Waals surface area contributed by atoms with Gasteiger partial charge in [-0.05, 0) is 60.4 Å². The predicted octanol–water partition coefficient (Wildman–Crippen LogP) is 6.86. The molecule has 2 amide bonds. The van der Waals surface area contributed by atoms with Gasteiger partial charge in [0.05, 0.1) is 6.04 Å². The second kappa shape index (κ2) is 11.6. The molecule has 32 heavy (non-hydrogen) atoms. The Morgan fingerprint density at radius 1 is 1.22 bits per heavy atom. The summed E-state index contributed by atoms with van der Waals surface area (Å²) < 4.78 is 0.948. The normalized spacial score (nSPS) is 18.8. The molecule has 1 aliphatic heterocycles. The van der Waals surface area contributed by atoms with Crippen LogP contribution in [0.3, 0.4) is 0 Å². The van der Waals surface area contributed by atoms with Crippen molar-refractivity contribution in [3.05, 3.63) is 63.1 Å². The van der Waals surface area contributed by atoms with Crippen molar-refractivity contribution in [3.8, 4) is 0 Å². The lowest BCUT2D eigenvalue weighted by molar-refractivity contribution is -0.143. The van der Waals surface area contributed by atoms with Crippen molar-refractivity contribution in [1.29, 1.82) is 0 Å². The molecule has 0 saturated carbocycles. The lowest BCUT2D eigenvalue weighted by Crippen LogP contribution is -2.45. The second-order valence-corrected chi connectivity index (χ2v) is 11.4. The molecule has 172 valence electrons. The van der Waals surface area contributed by atoms with Gasteiger partial charge in [0.2, 0.25) is 11.8 Å². The number of carbonyl (C=O) groups is 2. The summed E-state index contributed by atoms with van der Waals surface area (Å²) in [6.45, 7) is 6.96. The highest BCUT2D eigenvalue weighted by molar-refractivity contribution is 9.10. The number of benzene rings is 2. The molecule has 0 aromatic heterocycles. The smallest absolute Gasteiger partial charge is 0.226 e. The Bertz CT molecular complexity index is 951. The topological polar surface area (TPSA) is 49.4 Å². The number of piperidine rings is 1. The molecule has 0 radical (unpaired) electrons. The van der Waals surface area contributed by atoms with E-state index in [2.05, 4.69) is 35.1 Å². The highest BCUT2D eigenvalue weighted by Gasteiger charge is 2.36. The quantitative estimate of drug-likeness (QED) is 0.400. The average molecular weight is 538 g/mol. The molecule has 1 N–H and O–H groups in total. The number of carbonyl (C=O) groups excluding carboxylic acids is 2. The maximum atomic E-state index is 13.5. The van der Waals surface area contributed by atoms with Crippen LogP contribution >= 0.6 is 39.3 Å². The van der Waals surface area contributed by atoms with Gasteiger partial charge in [-0.2, -0.15) is 11.8 Å². The number of likely N-dealkylation sites (tertiary alicyclic amines) is 1. The summed E-state index contributed by atoms with van der Waals surface area (Å²) in [6.07, 6.45) is 1.74. The van der Waals surface area contributed by atoms with Crippen LogP contribution in [0.4, 0.5) is 5.69 Å². The number of amides is 2. The van der Waals surface area contributed by atoms with Crippen LogP contribution in [0.15, 0.2) is 46.9 Å². The van der Waals surface area contributed by atoms with E-state index in [4.69, 9.17) is 11.6 Å². The van der Waals surface area contributed by atoms with Gasteiger partial charge in [-0.1, -0.05) is 59.6 Å². The fourth-order valence-electron chi connectivity index (χ4n) is 4.07. The maximum absolute atomic E-state index is 13.5. The second-order valence-electron chi connectivity index (χ2n) is 8.46. The Balaban J connectivity index is 1.71. The standard InChI is InChI=1S/C25H30BrClN2O2S/c1-16(2)32-14-13-29-23(18-7-10-20(27)11-8-18)12-9-19(25(29)31)15-24(30)28-22-6-4-5-21(26)17(22)3/h4-8,10-11,16,19,23H,9,12-15H2,1-3H3,(H,28,30). The minimum Gasteiger partial charge on any atom is -0.335 e. The van der Waals surface area contributed by atoms with Gasteiger partial charge in [0.15, 0.2) is 0 Å². The first kappa shape index (κ1) is 25.1. The van der Waals surface area contributed by atoms with E-state index in [1.807, 2.05) is 66.1 Å². The van der Waals surface area contributed by atoms with E-state index in [1.165, 1.54) is 0 Å². The molecule has 0 bridgehead atoms. The molecule has 2 aromatic rings. The molecule has 2 unspecified atom stereocenters. The average Bonchev–Trinajstić information content (AvgIpc) is 2.74. The van der Waals surface area contributed by atoms with E-state index in [1.54, 1.807) is 0 Å². The van der Waals surface area contributed by atoms with Crippen LogP contribution in [0, 0.1) is 12.8 Å². The third-order valence-electron chi connectivity index (χ3n) is 5.81. The first-order valence-corrected chi connectivity index (χ1v) is 13.2. The highest BCUT2D eigenvalue weighted by Crippen LogP contribution is 2.36. The van der Waals surface area contributed by atoms with Crippen LogP contribution in [0.2, 0.25) is 5.02 Å². The van der Waals surface area contributed by atoms with Crippen LogP contribution in [-0.4, -0.2) is 34.3 Å².